The molecule has 10 heteroatoms. The number of aromatic amines is 1. The van der Waals surface area contributed by atoms with Gasteiger partial charge in [0.2, 0.25) is 5.88 Å². The van der Waals surface area contributed by atoms with E-state index in [0.29, 0.717) is 12.3 Å². The fourth-order valence-corrected chi connectivity index (χ4v) is 2.38. The molecule has 0 aliphatic heterocycles. The molecule has 0 aliphatic carbocycles. The van der Waals surface area contributed by atoms with Gasteiger partial charge >= 0.3 is 6.18 Å². The van der Waals surface area contributed by atoms with E-state index in [1.165, 1.54) is 24.6 Å². The first-order valence-corrected chi connectivity index (χ1v) is 7.21. The van der Waals surface area contributed by atoms with Crippen LogP contribution in [0, 0.1) is 13.8 Å². The van der Waals surface area contributed by atoms with Gasteiger partial charge in [-0.05, 0) is 20.8 Å². The molecule has 2 rings (SSSR count). The summed E-state index contributed by atoms with van der Waals surface area (Å²) in [4.78, 5) is 12.2. The number of H-pyrrole nitrogens is 1. The highest BCUT2D eigenvalue weighted by atomic mass is 19.4. The topological polar surface area (TPSA) is 84.8 Å². The lowest BCUT2D eigenvalue weighted by atomic mass is 10.0. The number of hydrogen-bond donors (Lipinski definition) is 2. The molecule has 0 spiro atoms. The van der Waals surface area contributed by atoms with E-state index >= 15 is 0 Å². The summed E-state index contributed by atoms with van der Waals surface area (Å²) in [6.45, 7) is 5.04. The number of nitrogens with zero attached hydrogens (tertiary/aromatic N) is 3. The molecule has 1 amide bonds. The number of hydrogen-bond acceptors (Lipinski definition) is 4. The van der Waals surface area contributed by atoms with E-state index in [4.69, 9.17) is 4.74 Å². The Balaban J connectivity index is 2.31. The Kier molecular flexibility index (Phi) is 4.86. The molecule has 2 aromatic heterocycles. The van der Waals surface area contributed by atoms with Gasteiger partial charge in [-0.25, -0.2) is 0 Å². The third-order valence-corrected chi connectivity index (χ3v) is 3.55. The van der Waals surface area contributed by atoms with Crippen LogP contribution in [0.5, 0.6) is 5.88 Å². The van der Waals surface area contributed by atoms with Crippen molar-refractivity contribution in [2.24, 2.45) is 7.05 Å². The minimum atomic E-state index is -4.67. The van der Waals surface area contributed by atoms with Crippen LogP contribution in [0.1, 0.15) is 40.4 Å². The maximum absolute atomic E-state index is 13.5. The molecule has 0 saturated heterocycles. The first kappa shape index (κ1) is 17.8. The highest BCUT2D eigenvalue weighted by Gasteiger charge is 2.44. The average molecular weight is 345 g/mol. The largest absolute Gasteiger partial charge is 0.477 e. The van der Waals surface area contributed by atoms with Crippen LogP contribution in [0.4, 0.5) is 13.2 Å². The van der Waals surface area contributed by atoms with Crippen LogP contribution in [0.15, 0.2) is 6.07 Å². The second kappa shape index (κ2) is 6.54. The Morgan fingerprint density at radius 1 is 1.46 bits per heavy atom. The van der Waals surface area contributed by atoms with Crippen molar-refractivity contribution in [3.8, 4) is 5.88 Å². The Hall–Kier alpha value is -2.52. The standard InChI is InChI=1S/C14H18F3N5O2/c1-5-24-10-6-9(19-20-10)13(23)18-12(14(15,16)17)11-7(2)21-22(4)8(11)3/h6,12H,5H2,1-4H3,(H,18,23)(H,19,20). The highest BCUT2D eigenvalue weighted by molar-refractivity contribution is 5.92. The van der Waals surface area contributed by atoms with Crippen molar-refractivity contribution >= 4 is 5.91 Å². The molecule has 24 heavy (non-hydrogen) atoms. The Morgan fingerprint density at radius 2 is 2.12 bits per heavy atom. The number of alkyl halides is 3. The molecule has 7 nitrogen and oxygen atoms in total. The molecule has 2 N–H and O–H groups in total. The monoisotopic (exact) mass is 345 g/mol. The number of aryl methyl sites for hydroxylation is 2. The zero-order valence-electron chi connectivity index (χ0n) is 13.7. The van der Waals surface area contributed by atoms with Crippen LogP contribution in [-0.2, 0) is 7.05 Å². The molecular formula is C14H18F3N5O2. The first-order chi connectivity index (χ1) is 11.1. The van der Waals surface area contributed by atoms with Gasteiger partial charge in [-0.1, -0.05) is 0 Å². The van der Waals surface area contributed by atoms with Crippen molar-refractivity contribution in [2.75, 3.05) is 6.61 Å². The molecule has 0 fully saturated rings. The van der Waals surface area contributed by atoms with Gasteiger partial charge in [0.25, 0.3) is 5.91 Å². The van der Waals surface area contributed by atoms with Crippen LogP contribution in [0.3, 0.4) is 0 Å². The summed E-state index contributed by atoms with van der Waals surface area (Å²) in [6.07, 6.45) is -4.67. The van der Waals surface area contributed by atoms with Gasteiger partial charge in [0.1, 0.15) is 5.69 Å². The summed E-state index contributed by atoms with van der Waals surface area (Å²) < 4.78 is 46.8. The predicted molar refractivity (Wildman–Crippen MR) is 78.7 cm³/mol. The number of halogens is 3. The number of ether oxygens (including phenoxy) is 1. The van der Waals surface area contributed by atoms with Gasteiger partial charge in [-0.2, -0.15) is 18.3 Å². The second-order valence-electron chi connectivity index (χ2n) is 5.21. The summed E-state index contributed by atoms with van der Waals surface area (Å²) >= 11 is 0. The lowest BCUT2D eigenvalue weighted by Gasteiger charge is -2.22. The summed E-state index contributed by atoms with van der Waals surface area (Å²) in [6, 6.07) is -0.924. The predicted octanol–water partition coefficient (Wildman–Crippen LogP) is 2.19. The number of amides is 1. The van der Waals surface area contributed by atoms with Crippen molar-refractivity contribution < 1.29 is 22.7 Å². The normalized spacial score (nSPS) is 13.0. The number of rotatable bonds is 5. The highest BCUT2D eigenvalue weighted by Crippen LogP contribution is 2.36. The summed E-state index contributed by atoms with van der Waals surface area (Å²) in [5.74, 6) is -0.793. The smallest absolute Gasteiger partial charge is 0.413 e. The quantitative estimate of drug-likeness (QED) is 0.870. The fourth-order valence-electron chi connectivity index (χ4n) is 2.38. The fraction of sp³-hybridized carbons (Fsp3) is 0.500. The van der Waals surface area contributed by atoms with E-state index in [9.17, 15) is 18.0 Å². The van der Waals surface area contributed by atoms with E-state index < -0.39 is 18.1 Å². The van der Waals surface area contributed by atoms with E-state index in [-0.39, 0.29) is 22.8 Å². The maximum Gasteiger partial charge on any atom is 0.413 e. The lowest BCUT2D eigenvalue weighted by Crippen LogP contribution is -2.39. The molecule has 1 atom stereocenters. The van der Waals surface area contributed by atoms with E-state index in [0.717, 1.165) is 0 Å². The number of carbonyl (C=O) groups excluding carboxylic acids is 1. The average Bonchev–Trinajstić information content (AvgIpc) is 3.02. The SMILES string of the molecule is CCOc1cc(C(=O)NC(c2c(C)nn(C)c2C)C(F)(F)F)[nH]n1. The van der Waals surface area contributed by atoms with Gasteiger partial charge in [-0.15, -0.1) is 5.10 Å². The number of carbonyl (C=O) groups is 1. The van der Waals surface area contributed by atoms with E-state index in [2.05, 4.69) is 15.3 Å². The third-order valence-electron chi connectivity index (χ3n) is 3.55. The van der Waals surface area contributed by atoms with Crippen molar-refractivity contribution in [2.45, 2.75) is 33.0 Å². The van der Waals surface area contributed by atoms with Crippen molar-refractivity contribution in [3.63, 3.8) is 0 Å². The maximum atomic E-state index is 13.5. The van der Waals surface area contributed by atoms with E-state index in [1.807, 2.05) is 5.32 Å². The van der Waals surface area contributed by atoms with Gasteiger partial charge in [0, 0.05) is 24.4 Å². The molecule has 0 bridgehead atoms. The van der Waals surface area contributed by atoms with Crippen LogP contribution in [0.2, 0.25) is 0 Å². The summed E-state index contributed by atoms with van der Waals surface area (Å²) in [5.41, 5.74) is 0.349. The van der Waals surface area contributed by atoms with Crippen molar-refractivity contribution in [3.05, 3.63) is 28.7 Å². The Morgan fingerprint density at radius 3 is 2.62 bits per heavy atom. The van der Waals surface area contributed by atoms with E-state index in [1.54, 1.807) is 14.0 Å². The minimum absolute atomic E-state index is 0.0668. The number of aromatic nitrogens is 4. The Labute approximate surface area is 136 Å². The summed E-state index contributed by atoms with van der Waals surface area (Å²) in [5, 5.41) is 12.0. The first-order valence-electron chi connectivity index (χ1n) is 7.21. The molecule has 0 aliphatic rings. The van der Waals surface area contributed by atoms with Gasteiger partial charge in [0.15, 0.2) is 6.04 Å². The van der Waals surface area contributed by atoms with Crippen LogP contribution < -0.4 is 10.1 Å². The molecule has 0 aromatic carbocycles. The molecule has 1 unspecified atom stereocenters. The third kappa shape index (κ3) is 3.52. The lowest BCUT2D eigenvalue weighted by molar-refractivity contribution is -0.155. The molecule has 2 aromatic rings. The minimum Gasteiger partial charge on any atom is -0.477 e. The zero-order valence-corrected chi connectivity index (χ0v) is 13.7. The van der Waals surface area contributed by atoms with Gasteiger partial charge in [-0.3, -0.25) is 14.6 Å². The second-order valence-corrected chi connectivity index (χ2v) is 5.21. The van der Waals surface area contributed by atoms with Crippen molar-refractivity contribution in [1.82, 2.24) is 25.3 Å². The zero-order chi connectivity index (χ0) is 18.1. The molecule has 0 radical (unpaired) electrons. The molecule has 2 heterocycles. The molecule has 132 valence electrons. The molecule has 0 saturated carbocycles. The Bertz CT molecular complexity index is 735. The molecular weight excluding hydrogens is 327 g/mol. The van der Waals surface area contributed by atoms with Crippen molar-refractivity contribution in [1.29, 1.82) is 0 Å². The van der Waals surface area contributed by atoms with Crippen LogP contribution >= 0.6 is 0 Å². The van der Waals surface area contributed by atoms with Gasteiger partial charge < -0.3 is 10.1 Å². The van der Waals surface area contributed by atoms with Gasteiger partial charge in [0.05, 0.1) is 12.3 Å². The summed E-state index contributed by atoms with van der Waals surface area (Å²) in [7, 11) is 1.55. The van der Waals surface area contributed by atoms with Crippen LogP contribution in [0.25, 0.3) is 0 Å². The van der Waals surface area contributed by atoms with Crippen LogP contribution in [-0.4, -0.2) is 38.7 Å². The number of nitrogens with one attached hydrogen (secondary N) is 2.